The van der Waals surface area contributed by atoms with E-state index in [1.165, 1.54) is 4.90 Å². The topological polar surface area (TPSA) is 59.0 Å². The quantitative estimate of drug-likeness (QED) is 0.890. The van der Waals surface area contributed by atoms with E-state index in [0.717, 1.165) is 5.56 Å². The highest BCUT2D eigenvalue weighted by Crippen LogP contribution is 2.19. The molecule has 122 valence electrons. The van der Waals surface area contributed by atoms with Crippen LogP contribution in [0.5, 0.6) is 5.75 Å². The summed E-state index contributed by atoms with van der Waals surface area (Å²) in [6, 6.07) is 16.6. The van der Waals surface area contributed by atoms with E-state index < -0.39 is 12.2 Å². The first-order chi connectivity index (χ1) is 11.1. The third-order valence-electron chi connectivity index (χ3n) is 3.44. The molecule has 23 heavy (non-hydrogen) atoms. The molecule has 0 aliphatic carbocycles. The van der Waals surface area contributed by atoms with Crippen molar-refractivity contribution in [3.05, 3.63) is 65.7 Å². The summed E-state index contributed by atoms with van der Waals surface area (Å²) in [6.07, 6.45) is -1.28. The second-order valence-corrected chi connectivity index (χ2v) is 5.21. The lowest BCUT2D eigenvalue weighted by molar-refractivity contribution is 0.0787. The summed E-state index contributed by atoms with van der Waals surface area (Å²) in [6.45, 7) is 0.347. The van der Waals surface area contributed by atoms with E-state index in [-0.39, 0.29) is 13.2 Å². The maximum atomic E-state index is 12.0. The number of hydrogen-bond donors (Lipinski definition) is 1. The number of amides is 1. The molecule has 0 saturated carbocycles. The van der Waals surface area contributed by atoms with Gasteiger partial charge in [-0.1, -0.05) is 42.5 Å². The minimum atomic E-state index is -0.806. The zero-order valence-electron chi connectivity index (χ0n) is 13.3. The molecule has 2 rings (SSSR count). The Labute approximate surface area is 136 Å². The van der Waals surface area contributed by atoms with E-state index in [9.17, 15) is 9.90 Å². The molecule has 0 spiro atoms. The summed E-state index contributed by atoms with van der Waals surface area (Å²) in [7, 11) is 3.16. The monoisotopic (exact) mass is 315 g/mol. The summed E-state index contributed by atoms with van der Waals surface area (Å²) in [5, 5.41) is 10.2. The number of nitrogens with zero attached hydrogens (tertiary/aromatic N) is 1. The van der Waals surface area contributed by atoms with Gasteiger partial charge in [0.1, 0.15) is 12.4 Å². The Bertz CT molecular complexity index is 630. The first-order valence-electron chi connectivity index (χ1n) is 7.34. The lowest BCUT2D eigenvalue weighted by Gasteiger charge is -2.21. The average Bonchev–Trinajstić information content (AvgIpc) is 2.60. The van der Waals surface area contributed by atoms with Gasteiger partial charge in [0.2, 0.25) is 0 Å². The molecule has 1 atom stereocenters. The van der Waals surface area contributed by atoms with Gasteiger partial charge in [0.05, 0.1) is 19.8 Å². The number of rotatable bonds is 6. The molecule has 0 radical (unpaired) electrons. The van der Waals surface area contributed by atoms with E-state index in [2.05, 4.69) is 0 Å². The van der Waals surface area contributed by atoms with Crippen LogP contribution in [-0.2, 0) is 11.3 Å². The van der Waals surface area contributed by atoms with Crippen LogP contribution in [0, 0.1) is 0 Å². The van der Waals surface area contributed by atoms with E-state index in [0.29, 0.717) is 11.3 Å². The molecule has 1 N–H and O–H groups in total. The Kier molecular flexibility index (Phi) is 6.00. The molecule has 2 aromatic rings. The van der Waals surface area contributed by atoms with E-state index in [1.807, 2.05) is 30.3 Å². The van der Waals surface area contributed by atoms with Gasteiger partial charge in [0.15, 0.2) is 0 Å². The first kappa shape index (κ1) is 16.8. The summed E-state index contributed by atoms with van der Waals surface area (Å²) >= 11 is 0. The Morgan fingerprint density at radius 3 is 2.61 bits per heavy atom. The highest BCUT2D eigenvalue weighted by molar-refractivity contribution is 5.67. The van der Waals surface area contributed by atoms with Crippen molar-refractivity contribution >= 4 is 6.09 Å². The van der Waals surface area contributed by atoms with Crippen molar-refractivity contribution in [2.24, 2.45) is 0 Å². The van der Waals surface area contributed by atoms with Crippen LogP contribution in [-0.4, -0.2) is 36.8 Å². The zero-order chi connectivity index (χ0) is 16.7. The molecule has 0 saturated heterocycles. The maximum Gasteiger partial charge on any atom is 0.409 e. The number of methoxy groups -OCH3 is 1. The van der Waals surface area contributed by atoms with Crippen molar-refractivity contribution < 1.29 is 19.4 Å². The fraction of sp³-hybridized carbons (Fsp3) is 0.278. The van der Waals surface area contributed by atoms with Crippen molar-refractivity contribution in [3.63, 3.8) is 0 Å². The first-order valence-corrected chi connectivity index (χ1v) is 7.34. The van der Waals surface area contributed by atoms with Crippen molar-refractivity contribution in [2.75, 3.05) is 20.7 Å². The van der Waals surface area contributed by atoms with Crippen LogP contribution in [0.2, 0.25) is 0 Å². The Morgan fingerprint density at radius 1 is 1.17 bits per heavy atom. The lowest BCUT2D eigenvalue weighted by atomic mass is 10.1. The minimum absolute atomic E-state index is 0.140. The van der Waals surface area contributed by atoms with Gasteiger partial charge in [-0.3, -0.25) is 0 Å². The fourth-order valence-electron chi connectivity index (χ4n) is 2.12. The largest absolute Gasteiger partial charge is 0.497 e. The predicted molar refractivity (Wildman–Crippen MR) is 87.2 cm³/mol. The molecule has 0 aromatic heterocycles. The Morgan fingerprint density at radius 2 is 1.91 bits per heavy atom. The van der Waals surface area contributed by atoms with Gasteiger partial charge in [-0.25, -0.2) is 4.79 Å². The number of hydrogen-bond acceptors (Lipinski definition) is 4. The van der Waals surface area contributed by atoms with Gasteiger partial charge in [-0.15, -0.1) is 0 Å². The standard InChI is InChI=1S/C18H21NO4/c1-19(18(21)23-13-14-7-4-3-5-8-14)12-17(20)15-9-6-10-16(11-15)22-2/h3-11,17,20H,12-13H2,1-2H3. The molecular weight excluding hydrogens is 294 g/mol. The van der Waals surface area contributed by atoms with E-state index in [4.69, 9.17) is 9.47 Å². The van der Waals surface area contributed by atoms with Crippen LogP contribution < -0.4 is 4.74 Å². The molecular formula is C18H21NO4. The van der Waals surface area contributed by atoms with E-state index >= 15 is 0 Å². The smallest absolute Gasteiger partial charge is 0.409 e. The van der Waals surface area contributed by atoms with Crippen LogP contribution in [0.15, 0.2) is 54.6 Å². The van der Waals surface area contributed by atoms with Crippen LogP contribution in [0.3, 0.4) is 0 Å². The maximum absolute atomic E-state index is 12.0. The molecule has 0 aliphatic heterocycles. The summed E-state index contributed by atoms with van der Waals surface area (Å²) in [5.74, 6) is 0.663. The highest BCUT2D eigenvalue weighted by Gasteiger charge is 2.16. The molecule has 1 amide bonds. The number of carbonyl (C=O) groups excluding carboxylic acids is 1. The zero-order valence-corrected chi connectivity index (χ0v) is 13.3. The van der Waals surface area contributed by atoms with Crippen molar-refractivity contribution in [2.45, 2.75) is 12.7 Å². The average molecular weight is 315 g/mol. The number of aliphatic hydroxyl groups is 1. The normalized spacial score (nSPS) is 11.6. The molecule has 0 aliphatic rings. The summed E-state index contributed by atoms with van der Waals surface area (Å²) < 4.78 is 10.4. The summed E-state index contributed by atoms with van der Waals surface area (Å²) in [5.41, 5.74) is 1.61. The molecule has 2 aromatic carbocycles. The molecule has 5 heteroatoms. The Hall–Kier alpha value is -2.53. The third-order valence-corrected chi connectivity index (χ3v) is 3.44. The fourth-order valence-corrected chi connectivity index (χ4v) is 2.12. The van der Waals surface area contributed by atoms with Gasteiger partial charge in [-0.05, 0) is 23.3 Å². The van der Waals surface area contributed by atoms with Gasteiger partial charge in [0.25, 0.3) is 0 Å². The number of aliphatic hydroxyl groups excluding tert-OH is 1. The van der Waals surface area contributed by atoms with Crippen LogP contribution in [0.1, 0.15) is 17.2 Å². The number of ether oxygens (including phenoxy) is 2. The second-order valence-electron chi connectivity index (χ2n) is 5.21. The number of carbonyl (C=O) groups is 1. The Balaban J connectivity index is 1.87. The lowest BCUT2D eigenvalue weighted by Crippen LogP contribution is -2.31. The van der Waals surface area contributed by atoms with Crippen molar-refractivity contribution in [3.8, 4) is 5.75 Å². The van der Waals surface area contributed by atoms with Gasteiger partial charge >= 0.3 is 6.09 Å². The predicted octanol–water partition coefficient (Wildman–Crippen LogP) is 3.00. The van der Waals surface area contributed by atoms with Gasteiger partial charge < -0.3 is 19.5 Å². The highest BCUT2D eigenvalue weighted by atomic mass is 16.6. The molecule has 0 fully saturated rings. The molecule has 0 bridgehead atoms. The van der Waals surface area contributed by atoms with Crippen LogP contribution >= 0.6 is 0 Å². The van der Waals surface area contributed by atoms with Gasteiger partial charge in [0, 0.05) is 7.05 Å². The molecule has 0 heterocycles. The van der Waals surface area contributed by atoms with Crippen LogP contribution in [0.25, 0.3) is 0 Å². The van der Waals surface area contributed by atoms with Crippen LogP contribution in [0.4, 0.5) is 4.79 Å². The number of benzene rings is 2. The van der Waals surface area contributed by atoms with Gasteiger partial charge in [-0.2, -0.15) is 0 Å². The minimum Gasteiger partial charge on any atom is -0.497 e. The van der Waals surface area contributed by atoms with Crippen molar-refractivity contribution in [1.29, 1.82) is 0 Å². The second kappa shape index (κ2) is 8.19. The SMILES string of the molecule is COc1cccc(C(O)CN(C)C(=O)OCc2ccccc2)c1. The van der Waals surface area contributed by atoms with E-state index in [1.54, 1.807) is 38.4 Å². The number of likely N-dealkylation sites (N-methyl/N-ethyl adjacent to an activating group) is 1. The van der Waals surface area contributed by atoms with Crippen molar-refractivity contribution in [1.82, 2.24) is 4.90 Å². The summed E-state index contributed by atoms with van der Waals surface area (Å²) in [4.78, 5) is 13.3. The molecule has 5 nitrogen and oxygen atoms in total. The third kappa shape index (κ3) is 5.00. The molecule has 1 unspecified atom stereocenters.